The van der Waals surface area contributed by atoms with E-state index in [0.29, 0.717) is 12.2 Å². The van der Waals surface area contributed by atoms with Crippen LogP contribution in [-0.4, -0.2) is 6.79 Å². The van der Waals surface area contributed by atoms with Crippen molar-refractivity contribution in [3.8, 4) is 11.5 Å². The molecule has 3 nitrogen and oxygen atoms in total. The van der Waals surface area contributed by atoms with E-state index < -0.39 is 0 Å². The number of hydrogen-bond donors (Lipinski definition) is 1. The van der Waals surface area contributed by atoms with E-state index in [1.807, 2.05) is 6.07 Å². The van der Waals surface area contributed by atoms with Crippen LogP contribution in [0.1, 0.15) is 50.5 Å². The quantitative estimate of drug-likeness (QED) is 0.841. The second-order valence-corrected chi connectivity index (χ2v) is 6.64. The summed E-state index contributed by atoms with van der Waals surface area (Å²) in [7, 11) is 0. The molecule has 3 aliphatic rings. The minimum absolute atomic E-state index is 0.141. The predicted octanol–water partition coefficient (Wildman–Crippen LogP) is 3.31. The van der Waals surface area contributed by atoms with Crippen LogP contribution in [0.5, 0.6) is 11.5 Å². The van der Waals surface area contributed by atoms with E-state index in [1.165, 1.54) is 37.7 Å². The van der Waals surface area contributed by atoms with Crippen molar-refractivity contribution in [2.24, 2.45) is 11.1 Å². The Morgan fingerprint density at radius 3 is 2.47 bits per heavy atom. The van der Waals surface area contributed by atoms with Gasteiger partial charge >= 0.3 is 0 Å². The topological polar surface area (TPSA) is 44.5 Å². The first kappa shape index (κ1) is 11.6. The highest BCUT2D eigenvalue weighted by Crippen LogP contribution is 2.59. The van der Waals surface area contributed by atoms with Gasteiger partial charge in [0.05, 0.1) is 0 Å². The summed E-state index contributed by atoms with van der Waals surface area (Å²) in [5.74, 6) is 1.70. The monoisotopic (exact) mass is 259 g/mol. The Morgan fingerprint density at radius 1 is 0.947 bits per heavy atom. The van der Waals surface area contributed by atoms with Gasteiger partial charge in [0.1, 0.15) is 0 Å². The Labute approximate surface area is 114 Å². The van der Waals surface area contributed by atoms with Crippen LogP contribution in [0.25, 0.3) is 0 Å². The van der Waals surface area contributed by atoms with Crippen molar-refractivity contribution < 1.29 is 9.47 Å². The first-order valence-electron chi connectivity index (χ1n) is 7.38. The molecule has 1 aromatic carbocycles. The molecule has 0 unspecified atom stereocenters. The lowest BCUT2D eigenvalue weighted by atomic mass is 9.51. The van der Waals surface area contributed by atoms with Crippen molar-refractivity contribution in [2.45, 2.75) is 50.5 Å². The maximum Gasteiger partial charge on any atom is 0.231 e. The third-order valence-corrected chi connectivity index (χ3v) is 5.24. The van der Waals surface area contributed by atoms with Crippen LogP contribution >= 0.6 is 0 Å². The van der Waals surface area contributed by atoms with Gasteiger partial charge in [0, 0.05) is 5.54 Å². The van der Waals surface area contributed by atoms with Crippen LogP contribution in [-0.2, 0) is 5.54 Å². The molecule has 2 saturated carbocycles. The second kappa shape index (κ2) is 3.89. The van der Waals surface area contributed by atoms with Gasteiger partial charge in [-0.15, -0.1) is 0 Å². The van der Waals surface area contributed by atoms with E-state index in [9.17, 15) is 0 Å². The van der Waals surface area contributed by atoms with Crippen molar-refractivity contribution in [1.29, 1.82) is 0 Å². The number of fused-ring (bicyclic) bond motifs is 1. The average molecular weight is 259 g/mol. The molecule has 4 rings (SSSR count). The number of hydrogen-bond acceptors (Lipinski definition) is 3. The minimum atomic E-state index is -0.141. The number of nitrogens with two attached hydrogens (primary N) is 1. The summed E-state index contributed by atoms with van der Waals surface area (Å²) in [6.45, 7) is 0.334. The van der Waals surface area contributed by atoms with Crippen molar-refractivity contribution in [3.63, 3.8) is 0 Å². The molecule has 2 aliphatic carbocycles. The maximum absolute atomic E-state index is 6.63. The normalized spacial score (nSPS) is 26.2. The molecule has 0 saturated heterocycles. The lowest BCUT2D eigenvalue weighted by Gasteiger charge is -2.57. The summed E-state index contributed by atoms with van der Waals surface area (Å²) < 4.78 is 10.8. The third kappa shape index (κ3) is 1.75. The van der Waals surface area contributed by atoms with E-state index in [2.05, 4.69) is 12.1 Å². The lowest BCUT2D eigenvalue weighted by Crippen LogP contribution is -2.56. The molecule has 1 aliphatic heterocycles. The van der Waals surface area contributed by atoms with Crippen molar-refractivity contribution in [3.05, 3.63) is 23.8 Å². The van der Waals surface area contributed by atoms with Gasteiger partial charge in [0.2, 0.25) is 6.79 Å². The molecule has 2 N–H and O–H groups in total. The SMILES string of the molecule is NC1(c2ccc3c(c2)OCO3)CC2(CCCCC2)C1. The van der Waals surface area contributed by atoms with E-state index in [0.717, 1.165) is 24.3 Å². The lowest BCUT2D eigenvalue weighted by molar-refractivity contribution is -0.00997. The van der Waals surface area contributed by atoms with Crippen molar-refractivity contribution in [2.75, 3.05) is 6.79 Å². The molecular formula is C16H21NO2. The summed E-state index contributed by atoms with van der Waals surface area (Å²) >= 11 is 0. The first-order valence-corrected chi connectivity index (χ1v) is 7.38. The van der Waals surface area contributed by atoms with Gasteiger partial charge < -0.3 is 15.2 Å². The van der Waals surface area contributed by atoms with E-state index in [1.54, 1.807) is 0 Å². The highest BCUT2D eigenvalue weighted by Gasteiger charge is 2.53. The second-order valence-electron chi connectivity index (χ2n) is 6.64. The number of benzene rings is 1. The molecule has 0 bridgehead atoms. The van der Waals surface area contributed by atoms with E-state index in [-0.39, 0.29) is 5.54 Å². The van der Waals surface area contributed by atoms with Crippen LogP contribution < -0.4 is 15.2 Å². The standard InChI is InChI=1S/C16H21NO2/c17-16(9-15(10-16)6-2-1-3-7-15)12-4-5-13-14(8-12)19-11-18-13/h4-5,8H,1-3,6-7,9-11,17H2. The summed E-state index contributed by atoms with van der Waals surface area (Å²) in [6.07, 6.45) is 9.20. The van der Waals surface area contributed by atoms with Crippen LogP contribution in [0.4, 0.5) is 0 Å². The smallest absolute Gasteiger partial charge is 0.231 e. The molecule has 19 heavy (non-hydrogen) atoms. The molecule has 0 amide bonds. The molecule has 0 atom stereocenters. The fourth-order valence-corrected chi connectivity index (χ4v) is 4.35. The third-order valence-electron chi connectivity index (χ3n) is 5.24. The minimum Gasteiger partial charge on any atom is -0.454 e. The number of ether oxygens (including phenoxy) is 2. The van der Waals surface area contributed by atoms with Gasteiger partial charge in [-0.2, -0.15) is 0 Å². The van der Waals surface area contributed by atoms with Crippen LogP contribution in [0.2, 0.25) is 0 Å². The summed E-state index contributed by atoms with van der Waals surface area (Å²) in [6, 6.07) is 6.19. The Hall–Kier alpha value is -1.22. The van der Waals surface area contributed by atoms with Crippen molar-refractivity contribution in [1.82, 2.24) is 0 Å². The fourth-order valence-electron chi connectivity index (χ4n) is 4.35. The van der Waals surface area contributed by atoms with Gasteiger partial charge in [-0.1, -0.05) is 25.3 Å². The fraction of sp³-hybridized carbons (Fsp3) is 0.625. The summed E-state index contributed by atoms with van der Waals surface area (Å²) in [5, 5.41) is 0. The zero-order valence-electron chi connectivity index (χ0n) is 11.3. The molecular weight excluding hydrogens is 238 g/mol. The molecule has 3 heteroatoms. The van der Waals surface area contributed by atoms with Crippen molar-refractivity contribution >= 4 is 0 Å². The Balaban J connectivity index is 1.56. The Kier molecular flexibility index (Phi) is 2.37. The van der Waals surface area contributed by atoms with Crippen LogP contribution in [0.3, 0.4) is 0 Å². The van der Waals surface area contributed by atoms with E-state index >= 15 is 0 Å². The zero-order valence-corrected chi connectivity index (χ0v) is 11.3. The predicted molar refractivity (Wildman–Crippen MR) is 73.2 cm³/mol. The zero-order chi connectivity index (χ0) is 12.9. The molecule has 1 aromatic rings. The Morgan fingerprint density at radius 2 is 1.68 bits per heavy atom. The first-order chi connectivity index (χ1) is 9.19. The summed E-state index contributed by atoms with van der Waals surface area (Å²) in [4.78, 5) is 0. The number of rotatable bonds is 1. The summed E-state index contributed by atoms with van der Waals surface area (Å²) in [5.41, 5.74) is 8.25. The largest absolute Gasteiger partial charge is 0.454 e. The van der Waals surface area contributed by atoms with Gasteiger partial charge in [-0.25, -0.2) is 0 Å². The molecule has 1 spiro atoms. The van der Waals surface area contributed by atoms with Gasteiger partial charge in [-0.3, -0.25) is 0 Å². The average Bonchev–Trinajstić information content (AvgIpc) is 2.85. The molecule has 0 radical (unpaired) electrons. The molecule has 2 fully saturated rings. The molecule has 0 aromatic heterocycles. The molecule has 102 valence electrons. The van der Waals surface area contributed by atoms with Crippen LogP contribution in [0, 0.1) is 5.41 Å². The molecule has 1 heterocycles. The van der Waals surface area contributed by atoms with Gasteiger partial charge in [0.25, 0.3) is 0 Å². The van der Waals surface area contributed by atoms with Crippen LogP contribution in [0.15, 0.2) is 18.2 Å². The van der Waals surface area contributed by atoms with E-state index in [4.69, 9.17) is 15.2 Å². The van der Waals surface area contributed by atoms with Gasteiger partial charge in [0.15, 0.2) is 11.5 Å². The maximum atomic E-state index is 6.63. The highest BCUT2D eigenvalue weighted by molar-refractivity contribution is 5.47. The highest BCUT2D eigenvalue weighted by atomic mass is 16.7. The van der Waals surface area contributed by atoms with Gasteiger partial charge in [-0.05, 0) is 48.8 Å². The Bertz CT molecular complexity index is 497.